The maximum absolute atomic E-state index is 7.74. The van der Waals surface area contributed by atoms with E-state index in [0.29, 0.717) is 16.5 Å². The Balaban J connectivity index is 1.28. The van der Waals surface area contributed by atoms with E-state index in [1.807, 2.05) is 0 Å². The molecule has 12 rings (SSSR count). The smallest absolute Gasteiger partial charge is 0.297 e. The van der Waals surface area contributed by atoms with Gasteiger partial charge in [0.1, 0.15) is 44.8 Å². The predicted molar refractivity (Wildman–Crippen MR) is 327 cm³/mol. The first-order valence-corrected chi connectivity index (χ1v) is 27.7. The minimum atomic E-state index is -0.281. The number of benzene rings is 6. The quantitative estimate of drug-likeness (QED) is 0.165. The monoisotopic (exact) mass is 973 g/mol. The van der Waals surface area contributed by atoms with E-state index in [4.69, 9.17) is 43.6 Å². The number of hydrogen-bond acceptors (Lipinski definition) is 3. The Morgan fingerprint density at radius 1 is 0.453 bits per heavy atom. The van der Waals surface area contributed by atoms with Gasteiger partial charge >= 0.3 is 0 Å². The summed E-state index contributed by atoms with van der Waals surface area (Å²) >= 11 is 0. The fourth-order valence-corrected chi connectivity index (χ4v) is 14.3. The van der Waals surface area contributed by atoms with Gasteiger partial charge < -0.3 is 14.2 Å². The molecule has 0 fully saturated rings. The SMILES string of the molecule is [B]c1c([B])c([B])c(-c2cc3c4c(c2)N(c2ccc5c(c2)C(C)(C)CCC5(C)C)c2c(oc5cc6c(cc25)C(C)(C)CCC6(C)C)B4c2cc4c(cc2N3c2ccc(C(C)(C)C)cc2)C(C)(C)CCC4(C)C)c([B])c1[B]. The average molecular weight is 972 g/mol. The van der Waals surface area contributed by atoms with E-state index in [0.717, 1.165) is 100 Å². The highest BCUT2D eigenvalue weighted by Crippen LogP contribution is 2.55. The zero-order valence-electron chi connectivity index (χ0n) is 47.5. The molecular weight excluding hydrogens is 902 g/mol. The molecule has 0 saturated carbocycles. The summed E-state index contributed by atoms with van der Waals surface area (Å²) in [5, 5.41) is 1.12. The van der Waals surface area contributed by atoms with E-state index < -0.39 is 0 Å². The van der Waals surface area contributed by atoms with Crippen molar-refractivity contribution in [2.24, 2.45) is 0 Å². The van der Waals surface area contributed by atoms with Crippen LogP contribution in [0.1, 0.15) is 181 Å². The van der Waals surface area contributed by atoms with Gasteiger partial charge in [-0.15, -0.1) is 16.4 Å². The van der Waals surface area contributed by atoms with E-state index in [2.05, 4.69) is 193 Å². The van der Waals surface area contributed by atoms with Crippen LogP contribution in [0.5, 0.6) is 0 Å². The molecule has 9 heteroatoms. The summed E-state index contributed by atoms with van der Waals surface area (Å²) in [6.45, 7) is 35.6. The molecule has 10 radical (unpaired) electrons. The molecule has 6 aromatic carbocycles. The third kappa shape index (κ3) is 7.33. The van der Waals surface area contributed by atoms with Crippen LogP contribution in [0.3, 0.4) is 0 Å². The van der Waals surface area contributed by atoms with Crippen molar-refractivity contribution in [1.29, 1.82) is 0 Å². The molecule has 0 atom stereocenters. The fourth-order valence-electron chi connectivity index (χ4n) is 14.3. The van der Waals surface area contributed by atoms with Gasteiger partial charge in [-0.3, -0.25) is 0 Å². The van der Waals surface area contributed by atoms with Gasteiger partial charge in [-0.2, -0.15) is 0 Å². The Morgan fingerprint density at radius 2 is 0.893 bits per heavy atom. The topological polar surface area (TPSA) is 19.6 Å². The van der Waals surface area contributed by atoms with Crippen molar-refractivity contribution in [3.05, 3.63) is 118 Å². The van der Waals surface area contributed by atoms with Crippen molar-refractivity contribution >= 4 is 135 Å². The van der Waals surface area contributed by atoms with Crippen LogP contribution in [0.15, 0.2) is 83.3 Å². The first-order valence-electron chi connectivity index (χ1n) is 27.7. The van der Waals surface area contributed by atoms with Gasteiger partial charge in [0.15, 0.2) is 0 Å². The average Bonchev–Trinajstić information content (AvgIpc) is 3.74. The van der Waals surface area contributed by atoms with Crippen molar-refractivity contribution in [1.82, 2.24) is 0 Å². The van der Waals surface area contributed by atoms with Crippen molar-refractivity contribution in [2.75, 3.05) is 9.80 Å². The molecule has 0 bridgehead atoms. The number of furan rings is 1. The highest BCUT2D eigenvalue weighted by atomic mass is 16.3. The molecule has 2 aliphatic heterocycles. The Labute approximate surface area is 455 Å². The molecule has 0 unspecified atom stereocenters. The van der Waals surface area contributed by atoms with Gasteiger partial charge in [-0.25, -0.2) is 0 Å². The third-order valence-electron chi connectivity index (χ3n) is 19.7. The van der Waals surface area contributed by atoms with Gasteiger partial charge in [0.05, 0.1) is 11.3 Å². The summed E-state index contributed by atoms with van der Waals surface area (Å²) in [5.41, 5.74) is 22.7. The summed E-state index contributed by atoms with van der Waals surface area (Å²) in [5.74, 6) is 0. The van der Waals surface area contributed by atoms with Crippen LogP contribution in [0.4, 0.5) is 34.1 Å². The van der Waals surface area contributed by atoms with E-state index in [-0.39, 0.29) is 61.0 Å². The Morgan fingerprint density at radius 3 is 1.43 bits per heavy atom. The number of hydrogen-bond donors (Lipinski definition) is 0. The van der Waals surface area contributed by atoms with Crippen LogP contribution in [0, 0.1) is 0 Å². The third-order valence-corrected chi connectivity index (χ3v) is 19.7. The molecule has 0 spiro atoms. The summed E-state index contributed by atoms with van der Waals surface area (Å²) in [4.78, 5) is 5.03. The van der Waals surface area contributed by atoms with Gasteiger partial charge in [-0.05, 0) is 192 Å². The normalized spacial score (nSPS) is 19.9. The minimum absolute atomic E-state index is 0.0193. The van der Waals surface area contributed by atoms with Crippen LogP contribution in [0.25, 0.3) is 22.1 Å². The van der Waals surface area contributed by atoms with Gasteiger partial charge in [0.2, 0.25) is 0 Å². The van der Waals surface area contributed by atoms with Crippen molar-refractivity contribution in [2.45, 2.75) is 180 Å². The molecule has 0 N–H and O–H groups in total. The Hall–Kier alpha value is -5.15. The lowest BCUT2D eigenvalue weighted by Gasteiger charge is -2.47. The first kappa shape index (κ1) is 50.7. The minimum Gasteiger partial charge on any atom is -0.468 e. The van der Waals surface area contributed by atoms with Crippen LogP contribution in [0.2, 0.25) is 0 Å². The standard InChI is InChI=1S/C66H70B6N2O/c1-60(2,3)36-16-18-37(19-17-36)73-47-33-44-43(64(10,11)25-26-65(44,12)13)32-46(47)72-57-48(73)28-35(51-52(67)54(69)56(71)55(70)53(51)68)29-49(57)74(38-20-21-40-41(30-38)62(6,7)23-22-61(40,4)5)58-39-31-42-45(34-50(39)75-59(58)72)66(14,15)27-24-63(42,8)9/h16-21,28-34H,22-27H2,1-15H3. The second kappa shape index (κ2) is 16.0. The largest absolute Gasteiger partial charge is 0.468 e. The van der Waals surface area contributed by atoms with E-state index in [1.54, 1.807) is 0 Å². The van der Waals surface area contributed by atoms with Crippen molar-refractivity contribution in [3.63, 3.8) is 0 Å². The molecule has 7 aromatic rings. The van der Waals surface area contributed by atoms with Gasteiger partial charge in [0.25, 0.3) is 6.71 Å². The van der Waals surface area contributed by atoms with Crippen LogP contribution >= 0.6 is 0 Å². The predicted octanol–water partition coefficient (Wildman–Crippen LogP) is 10.5. The number of rotatable bonds is 3. The Bertz CT molecular complexity index is 3590. The number of anilines is 6. The molecule has 3 nitrogen and oxygen atoms in total. The molecule has 1 aromatic heterocycles. The highest BCUT2D eigenvalue weighted by Gasteiger charge is 2.50. The molecule has 0 saturated heterocycles. The number of fused-ring (bicyclic) bond motifs is 9. The first-order chi connectivity index (χ1) is 34.8. The second-order valence-corrected chi connectivity index (χ2v) is 28.5. The van der Waals surface area contributed by atoms with Gasteiger partial charge in [0, 0.05) is 33.8 Å². The zero-order valence-corrected chi connectivity index (χ0v) is 47.5. The fraction of sp³-hybridized carbons (Fsp3) is 0.424. The molecule has 75 heavy (non-hydrogen) atoms. The lowest BCUT2D eigenvalue weighted by atomic mass is 9.35. The van der Waals surface area contributed by atoms with E-state index in [9.17, 15) is 0 Å². The number of nitrogens with zero attached hydrogens (tertiary/aromatic N) is 2. The molecule has 5 aliphatic rings. The maximum atomic E-state index is 7.74. The van der Waals surface area contributed by atoms with E-state index in [1.165, 1.54) is 44.4 Å². The summed E-state index contributed by atoms with van der Waals surface area (Å²) in [6, 6.07) is 31.0. The Kier molecular flexibility index (Phi) is 10.8. The molecule has 3 aliphatic carbocycles. The summed E-state index contributed by atoms with van der Waals surface area (Å²) in [7, 11) is 34.4. The lowest BCUT2D eigenvalue weighted by molar-refractivity contribution is 0.332. The molecule has 368 valence electrons. The van der Waals surface area contributed by atoms with Crippen LogP contribution < -0.4 is 53.7 Å². The van der Waals surface area contributed by atoms with Gasteiger partial charge in [-0.1, -0.05) is 139 Å². The molecular formula is C66H70B6N2O. The highest BCUT2D eigenvalue weighted by molar-refractivity contribution is 7.00. The van der Waals surface area contributed by atoms with Crippen LogP contribution in [-0.4, -0.2) is 45.9 Å². The molecule has 3 heterocycles. The van der Waals surface area contributed by atoms with Crippen molar-refractivity contribution in [3.8, 4) is 11.1 Å². The lowest BCUT2D eigenvalue weighted by Crippen LogP contribution is -2.61. The van der Waals surface area contributed by atoms with Crippen LogP contribution in [-0.2, 0) is 37.9 Å². The summed E-state index contributed by atoms with van der Waals surface area (Å²) in [6.07, 6.45) is 6.62. The maximum Gasteiger partial charge on any atom is 0.297 e. The zero-order chi connectivity index (χ0) is 53.8. The molecule has 0 amide bonds. The summed E-state index contributed by atoms with van der Waals surface area (Å²) < 4.78 is 7.74. The van der Waals surface area contributed by atoms with E-state index >= 15 is 0 Å². The van der Waals surface area contributed by atoms with Crippen molar-refractivity contribution < 1.29 is 4.42 Å². The second-order valence-electron chi connectivity index (χ2n) is 28.5.